The molecule has 0 aromatic heterocycles. The van der Waals surface area contributed by atoms with Crippen LogP contribution in [0.5, 0.6) is 0 Å². The Bertz CT molecular complexity index is 555. The number of benzene rings is 1. The maximum absolute atomic E-state index is 12.0. The molecule has 1 aromatic rings. The van der Waals surface area contributed by atoms with Crippen LogP contribution in [0.2, 0.25) is 0 Å². The molecule has 0 radical (unpaired) electrons. The van der Waals surface area contributed by atoms with Crippen molar-refractivity contribution >= 4 is 16.0 Å². The Morgan fingerprint density at radius 2 is 2.05 bits per heavy atom. The number of carboxylic acids is 1. The van der Waals surface area contributed by atoms with Gasteiger partial charge in [-0.25, -0.2) is 8.42 Å². The number of sulfonamides is 1. The number of nitrogens with zero attached hydrogens (tertiary/aromatic N) is 1. The fourth-order valence-electron chi connectivity index (χ4n) is 2.40. The number of hydrogen-bond donors (Lipinski definition) is 1. The van der Waals surface area contributed by atoms with Gasteiger partial charge in [0.2, 0.25) is 10.0 Å². The summed E-state index contributed by atoms with van der Waals surface area (Å²) < 4.78 is 25.1. The van der Waals surface area contributed by atoms with Crippen LogP contribution in [0.25, 0.3) is 0 Å². The van der Waals surface area contributed by atoms with Gasteiger partial charge in [-0.2, -0.15) is 4.31 Å². The summed E-state index contributed by atoms with van der Waals surface area (Å²) in [6.45, 7) is 2.10. The molecular formula is C13H17NO4S. The second kappa shape index (κ2) is 5.30. The van der Waals surface area contributed by atoms with Crippen LogP contribution in [0.4, 0.5) is 0 Å². The molecule has 6 heteroatoms. The lowest BCUT2D eigenvalue weighted by Crippen LogP contribution is -2.43. The highest BCUT2D eigenvalue weighted by Crippen LogP contribution is 2.23. The molecule has 1 aliphatic rings. The Balaban J connectivity index is 2.24. The number of carboxylic acid groups (broad SMARTS) is 1. The van der Waals surface area contributed by atoms with Gasteiger partial charge in [0.25, 0.3) is 0 Å². The molecular weight excluding hydrogens is 266 g/mol. The van der Waals surface area contributed by atoms with E-state index in [-0.39, 0.29) is 24.6 Å². The zero-order valence-electron chi connectivity index (χ0n) is 10.7. The lowest BCUT2D eigenvalue weighted by atomic mass is 10.1. The highest BCUT2D eigenvalue weighted by atomic mass is 32.2. The van der Waals surface area contributed by atoms with Gasteiger partial charge in [0.1, 0.15) is 6.04 Å². The summed E-state index contributed by atoms with van der Waals surface area (Å²) in [4.78, 5) is 11.4. The van der Waals surface area contributed by atoms with Crippen LogP contribution < -0.4 is 0 Å². The minimum Gasteiger partial charge on any atom is -0.480 e. The first-order valence-electron chi connectivity index (χ1n) is 6.16. The van der Waals surface area contributed by atoms with Gasteiger partial charge in [-0.15, -0.1) is 0 Å². The minimum absolute atomic E-state index is 0.0253. The molecule has 1 aliphatic heterocycles. The van der Waals surface area contributed by atoms with Crippen LogP contribution in [0, 0.1) is 5.92 Å². The summed E-state index contributed by atoms with van der Waals surface area (Å²) in [6, 6.07) is 8.07. The van der Waals surface area contributed by atoms with E-state index < -0.39 is 22.0 Å². The van der Waals surface area contributed by atoms with Gasteiger partial charge in [-0.1, -0.05) is 37.3 Å². The standard InChI is InChI=1S/C13H17NO4S/c1-10-8-14(19(17,18)9-10)12(13(15)16)7-11-5-3-2-4-6-11/h2-6,10,12H,7-9H2,1H3,(H,15,16). The van der Waals surface area contributed by atoms with Crippen molar-refractivity contribution in [1.29, 1.82) is 0 Å². The summed E-state index contributed by atoms with van der Waals surface area (Å²) in [5.74, 6) is -1.09. The smallest absolute Gasteiger partial charge is 0.322 e. The molecule has 2 unspecified atom stereocenters. The van der Waals surface area contributed by atoms with Crippen LogP contribution in [0.15, 0.2) is 30.3 Å². The highest BCUT2D eigenvalue weighted by molar-refractivity contribution is 7.89. The topological polar surface area (TPSA) is 74.7 Å². The monoisotopic (exact) mass is 283 g/mol. The second-order valence-electron chi connectivity index (χ2n) is 5.00. The molecule has 1 fully saturated rings. The van der Waals surface area contributed by atoms with Crippen molar-refractivity contribution in [2.75, 3.05) is 12.3 Å². The van der Waals surface area contributed by atoms with E-state index in [0.717, 1.165) is 9.87 Å². The second-order valence-corrected chi connectivity index (χ2v) is 6.96. The molecule has 104 valence electrons. The Morgan fingerprint density at radius 3 is 2.53 bits per heavy atom. The van der Waals surface area contributed by atoms with Crippen molar-refractivity contribution in [2.24, 2.45) is 5.92 Å². The van der Waals surface area contributed by atoms with Crippen molar-refractivity contribution in [3.8, 4) is 0 Å². The molecule has 2 atom stereocenters. The van der Waals surface area contributed by atoms with E-state index in [1.165, 1.54) is 0 Å². The van der Waals surface area contributed by atoms with Gasteiger partial charge in [-0.3, -0.25) is 4.79 Å². The summed E-state index contributed by atoms with van der Waals surface area (Å²) >= 11 is 0. The summed E-state index contributed by atoms with van der Waals surface area (Å²) in [5.41, 5.74) is 0.824. The first kappa shape index (κ1) is 14.0. The third-order valence-electron chi connectivity index (χ3n) is 3.25. The van der Waals surface area contributed by atoms with Gasteiger partial charge in [-0.05, 0) is 17.9 Å². The van der Waals surface area contributed by atoms with E-state index in [2.05, 4.69) is 0 Å². The molecule has 0 bridgehead atoms. The van der Waals surface area contributed by atoms with Gasteiger partial charge >= 0.3 is 5.97 Å². The van der Waals surface area contributed by atoms with Crippen LogP contribution in [-0.2, 0) is 21.2 Å². The Hall–Kier alpha value is -1.40. The molecule has 19 heavy (non-hydrogen) atoms. The minimum atomic E-state index is -3.45. The Kier molecular flexibility index (Phi) is 3.91. The van der Waals surface area contributed by atoms with Crippen molar-refractivity contribution in [3.63, 3.8) is 0 Å². The largest absolute Gasteiger partial charge is 0.480 e. The van der Waals surface area contributed by atoms with Crippen LogP contribution in [0.1, 0.15) is 12.5 Å². The normalized spacial score (nSPS) is 24.2. The van der Waals surface area contributed by atoms with Crippen molar-refractivity contribution in [2.45, 2.75) is 19.4 Å². The van der Waals surface area contributed by atoms with Gasteiger partial charge in [0.15, 0.2) is 0 Å². The molecule has 0 spiro atoms. The molecule has 1 N–H and O–H groups in total. The summed E-state index contributed by atoms with van der Waals surface area (Å²) in [5, 5.41) is 9.31. The molecule has 0 amide bonds. The molecule has 1 saturated heterocycles. The van der Waals surface area contributed by atoms with Gasteiger partial charge < -0.3 is 5.11 Å². The molecule has 0 saturated carbocycles. The van der Waals surface area contributed by atoms with Crippen molar-refractivity contribution < 1.29 is 18.3 Å². The van der Waals surface area contributed by atoms with E-state index in [1.54, 1.807) is 0 Å². The quantitative estimate of drug-likeness (QED) is 0.893. The van der Waals surface area contributed by atoms with E-state index in [0.29, 0.717) is 0 Å². The predicted octanol–water partition coefficient (Wildman–Crippen LogP) is 0.964. The fraction of sp³-hybridized carbons (Fsp3) is 0.462. The first-order chi connectivity index (χ1) is 8.90. The van der Waals surface area contributed by atoms with E-state index in [1.807, 2.05) is 37.3 Å². The SMILES string of the molecule is CC1CN(C(Cc2ccccc2)C(=O)O)S(=O)(=O)C1. The van der Waals surface area contributed by atoms with Crippen molar-refractivity contribution in [1.82, 2.24) is 4.31 Å². The van der Waals surface area contributed by atoms with Crippen LogP contribution in [-0.4, -0.2) is 42.1 Å². The molecule has 0 aliphatic carbocycles. The number of aliphatic carboxylic acids is 1. The number of rotatable bonds is 4. The molecule has 5 nitrogen and oxygen atoms in total. The maximum atomic E-state index is 12.0. The number of hydrogen-bond acceptors (Lipinski definition) is 3. The highest BCUT2D eigenvalue weighted by Gasteiger charge is 2.41. The van der Waals surface area contributed by atoms with Crippen LogP contribution in [0.3, 0.4) is 0 Å². The third kappa shape index (κ3) is 3.13. The summed E-state index contributed by atoms with van der Waals surface area (Å²) in [7, 11) is -3.45. The maximum Gasteiger partial charge on any atom is 0.322 e. The number of carbonyl (C=O) groups is 1. The Morgan fingerprint density at radius 1 is 1.42 bits per heavy atom. The van der Waals surface area contributed by atoms with E-state index in [4.69, 9.17) is 0 Å². The summed E-state index contributed by atoms with van der Waals surface area (Å²) in [6.07, 6.45) is 0.197. The lowest BCUT2D eigenvalue weighted by molar-refractivity contribution is -0.141. The van der Waals surface area contributed by atoms with E-state index >= 15 is 0 Å². The fourth-order valence-corrected chi connectivity index (χ4v) is 4.45. The first-order valence-corrected chi connectivity index (χ1v) is 7.77. The molecule has 2 rings (SSSR count). The molecule has 1 heterocycles. The molecule has 1 aromatic carbocycles. The zero-order chi connectivity index (χ0) is 14.0. The van der Waals surface area contributed by atoms with Crippen molar-refractivity contribution in [3.05, 3.63) is 35.9 Å². The van der Waals surface area contributed by atoms with Gasteiger partial charge in [0.05, 0.1) is 5.75 Å². The lowest BCUT2D eigenvalue weighted by Gasteiger charge is -2.23. The van der Waals surface area contributed by atoms with E-state index in [9.17, 15) is 18.3 Å². The van der Waals surface area contributed by atoms with Crippen LogP contribution >= 0.6 is 0 Å². The Labute approximate surface area is 112 Å². The van der Waals surface area contributed by atoms with Gasteiger partial charge in [0, 0.05) is 6.54 Å². The third-order valence-corrected chi connectivity index (χ3v) is 5.36. The zero-order valence-corrected chi connectivity index (χ0v) is 11.5. The average molecular weight is 283 g/mol. The predicted molar refractivity (Wildman–Crippen MR) is 71.2 cm³/mol. The average Bonchev–Trinajstić information content (AvgIpc) is 2.60.